The second kappa shape index (κ2) is 7.96. The summed E-state index contributed by atoms with van der Waals surface area (Å²) in [6.45, 7) is 6.14. The number of nitrogens with zero attached hydrogens (tertiary/aromatic N) is 2. The summed E-state index contributed by atoms with van der Waals surface area (Å²) in [4.78, 5) is 44.4. The van der Waals surface area contributed by atoms with Crippen LogP contribution in [0.15, 0.2) is 45.5 Å². The van der Waals surface area contributed by atoms with Gasteiger partial charge in [0.2, 0.25) is 0 Å². The monoisotopic (exact) mass is 440 g/mol. The Balaban J connectivity index is 1.89. The number of hydrogen-bond donors (Lipinski definition) is 2. The van der Waals surface area contributed by atoms with Gasteiger partial charge < -0.3 is 10.3 Å². The van der Waals surface area contributed by atoms with E-state index < -0.39 is 10.8 Å². The van der Waals surface area contributed by atoms with Gasteiger partial charge in [0, 0.05) is 41.5 Å². The van der Waals surface area contributed by atoms with Crippen LogP contribution < -0.4 is 10.9 Å². The largest absolute Gasteiger partial charge is 0.343 e. The molecule has 2 N–H and O–H groups in total. The molecule has 1 aliphatic heterocycles. The van der Waals surface area contributed by atoms with Crippen molar-refractivity contribution >= 4 is 29.1 Å². The minimum atomic E-state index is -0.614. The number of rotatable bonds is 5. The molecule has 1 aromatic heterocycles. The van der Waals surface area contributed by atoms with Gasteiger partial charge in [-0.25, -0.2) is 4.98 Å². The summed E-state index contributed by atoms with van der Waals surface area (Å²) in [5.74, 6) is 0.649. The van der Waals surface area contributed by atoms with Gasteiger partial charge in [-0.3, -0.25) is 19.7 Å². The smallest absolute Gasteiger partial charge is 0.269 e. The second-order valence-electron chi connectivity index (χ2n) is 8.72. The van der Waals surface area contributed by atoms with Crippen LogP contribution in [-0.2, 0) is 4.79 Å². The summed E-state index contributed by atoms with van der Waals surface area (Å²) in [5.41, 5.74) is 1.83. The molecule has 8 nitrogen and oxygen atoms in total. The summed E-state index contributed by atoms with van der Waals surface area (Å²) in [6, 6.07) is 6.05. The van der Waals surface area contributed by atoms with Crippen LogP contribution in [0.25, 0.3) is 0 Å². The molecule has 0 amide bonds. The van der Waals surface area contributed by atoms with Crippen LogP contribution in [0.5, 0.6) is 0 Å². The number of nitrogens with one attached hydrogen (secondary N) is 2. The van der Waals surface area contributed by atoms with Gasteiger partial charge in [0.15, 0.2) is 10.9 Å². The van der Waals surface area contributed by atoms with Crippen molar-refractivity contribution in [3.8, 4) is 0 Å². The van der Waals surface area contributed by atoms with Crippen molar-refractivity contribution in [2.45, 2.75) is 51.1 Å². The number of benzene rings is 1. The maximum Gasteiger partial charge on any atom is 0.269 e. The number of aromatic nitrogens is 2. The Labute approximate surface area is 183 Å². The minimum absolute atomic E-state index is 0.0170. The number of nitro benzene ring substituents is 1. The molecule has 1 atom stereocenters. The van der Waals surface area contributed by atoms with E-state index in [-0.39, 0.29) is 22.4 Å². The Morgan fingerprint density at radius 3 is 2.58 bits per heavy atom. The van der Waals surface area contributed by atoms with E-state index in [4.69, 9.17) is 0 Å². The van der Waals surface area contributed by atoms with E-state index >= 15 is 0 Å². The molecule has 4 rings (SSSR count). The molecule has 9 heteroatoms. The van der Waals surface area contributed by atoms with Gasteiger partial charge in [0.25, 0.3) is 11.2 Å². The standard InChI is InChI=1S/C22H24N4O4S/c1-4-9-31-21-24-19-18(20(28)25-21)16(12-5-7-13(8-6-12)26(29)30)17-14(23-19)10-22(2,3)11-15(17)27/h5-8,16H,4,9-11H2,1-3H3,(H2,23,24,25,28)/t16-/m0/s1. The lowest BCUT2D eigenvalue weighted by Gasteiger charge is -2.38. The number of non-ortho nitro benzene ring substituents is 1. The zero-order valence-electron chi connectivity index (χ0n) is 17.7. The Morgan fingerprint density at radius 1 is 1.23 bits per heavy atom. The van der Waals surface area contributed by atoms with Crippen LogP contribution in [0.1, 0.15) is 57.1 Å². The zero-order chi connectivity index (χ0) is 22.3. The molecule has 1 aromatic carbocycles. The Hall–Kier alpha value is -2.94. The highest BCUT2D eigenvalue weighted by molar-refractivity contribution is 7.99. The first-order valence-corrected chi connectivity index (χ1v) is 11.2. The molecule has 0 bridgehead atoms. The van der Waals surface area contributed by atoms with Gasteiger partial charge in [-0.1, -0.05) is 44.7 Å². The number of ketones is 1. The van der Waals surface area contributed by atoms with Crippen LogP contribution >= 0.6 is 11.8 Å². The highest BCUT2D eigenvalue weighted by Gasteiger charge is 2.42. The summed E-state index contributed by atoms with van der Waals surface area (Å²) >= 11 is 1.47. The maximum atomic E-state index is 13.2. The number of hydrogen-bond acceptors (Lipinski definition) is 7. The van der Waals surface area contributed by atoms with Gasteiger partial charge in [0.05, 0.1) is 10.5 Å². The fourth-order valence-electron chi connectivity index (χ4n) is 4.28. The van der Waals surface area contributed by atoms with Crippen molar-refractivity contribution in [3.05, 3.63) is 67.1 Å². The molecule has 0 spiro atoms. The summed E-state index contributed by atoms with van der Waals surface area (Å²) < 4.78 is 0. The van der Waals surface area contributed by atoms with E-state index in [1.54, 1.807) is 12.1 Å². The molecular weight excluding hydrogens is 416 g/mol. The van der Waals surface area contributed by atoms with Crippen LogP contribution in [0.4, 0.5) is 11.5 Å². The van der Waals surface area contributed by atoms with Crippen molar-refractivity contribution in [2.75, 3.05) is 11.1 Å². The number of H-pyrrole nitrogens is 1. The summed E-state index contributed by atoms with van der Waals surface area (Å²) in [5, 5.41) is 14.9. The average molecular weight is 441 g/mol. The SMILES string of the molecule is CCCSc1nc2c(c(=O)[nH]1)[C@@H](c1ccc([N+](=O)[O-])cc1)C1=C(CC(C)(C)CC1=O)N2. The van der Waals surface area contributed by atoms with Crippen molar-refractivity contribution in [1.82, 2.24) is 9.97 Å². The highest BCUT2D eigenvalue weighted by Crippen LogP contribution is 2.47. The highest BCUT2D eigenvalue weighted by atomic mass is 32.2. The third kappa shape index (κ3) is 4.01. The Morgan fingerprint density at radius 2 is 1.94 bits per heavy atom. The van der Waals surface area contributed by atoms with Crippen molar-refractivity contribution in [2.24, 2.45) is 5.41 Å². The number of carbonyl (C=O) groups excluding carboxylic acids is 1. The predicted molar refractivity (Wildman–Crippen MR) is 119 cm³/mol. The van der Waals surface area contributed by atoms with Gasteiger partial charge in [-0.05, 0) is 23.8 Å². The van der Waals surface area contributed by atoms with Gasteiger partial charge in [0.1, 0.15) is 5.82 Å². The van der Waals surface area contributed by atoms with Crippen LogP contribution in [0, 0.1) is 15.5 Å². The summed E-state index contributed by atoms with van der Waals surface area (Å²) in [6.07, 6.45) is 1.98. The molecule has 2 aromatic rings. The molecule has 0 unspecified atom stereocenters. The molecule has 1 aliphatic carbocycles. The first-order chi connectivity index (χ1) is 14.7. The molecule has 0 radical (unpaired) electrons. The van der Waals surface area contributed by atoms with Gasteiger partial charge in [-0.2, -0.15) is 0 Å². The topological polar surface area (TPSA) is 118 Å². The fourth-order valence-corrected chi connectivity index (χ4v) is 5.00. The fraction of sp³-hybridized carbons (Fsp3) is 0.409. The summed E-state index contributed by atoms with van der Waals surface area (Å²) in [7, 11) is 0. The van der Waals surface area contributed by atoms with E-state index in [1.807, 2.05) is 13.8 Å². The Kier molecular flexibility index (Phi) is 5.47. The predicted octanol–water partition coefficient (Wildman–Crippen LogP) is 4.38. The number of fused-ring (bicyclic) bond motifs is 1. The van der Waals surface area contributed by atoms with Crippen LogP contribution in [-0.4, -0.2) is 26.4 Å². The van der Waals surface area contributed by atoms with Crippen molar-refractivity contribution in [3.63, 3.8) is 0 Å². The van der Waals surface area contributed by atoms with E-state index in [0.29, 0.717) is 40.5 Å². The molecule has 2 aliphatic rings. The lowest BCUT2D eigenvalue weighted by Crippen LogP contribution is -2.37. The third-order valence-corrected chi connectivity index (χ3v) is 6.66. The van der Waals surface area contributed by atoms with Crippen molar-refractivity contribution < 1.29 is 9.72 Å². The van der Waals surface area contributed by atoms with Crippen LogP contribution in [0.3, 0.4) is 0 Å². The number of carbonyl (C=O) groups is 1. The van der Waals surface area contributed by atoms with E-state index in [1.165, 1.54) is 23.9 Å². The molecule has 31 heavy (non-hydrogen) atoms. The van der Waals surface area contributed by atoms with E-state index in [2.05, 4.69) is 22.2 Å². The Bertz CT molecular complexity index is 1150. The number of anilines is 1. The molecule has 2 heterocycles. The maximum absolute atomic E-state index is 13.2. The number of allylic oxidation sites excluding steroid dienone is 2. The third-order valence-electron chi connectivity index (χ3n) is 5.58. The second-order valence-corrected chi connectivity index (χ2v) is 9.81. The normalized spacial score (nSPS) is 19.5. The number of Topliss-reactive ketones (excluding diaryl/α,β-unsaturated/α-hetero) is 1. The number of nitro groups is 1. The first-order valence-electron chi connectivity index (χ1n) is 10.2. The first kappa shape index (κ1) is 21.3. The molecule has 0 saturated carbocycles. The molecule has 0 fully saturated rings. The molecule has 0 saturated heterocycles. The number of thioether (sulfide) groups is 1. The van der Waals surface area contributed by atoms with E-state index in [0.717, 1.165) is 17.9 Å². The van der Waals surface area contributed by atoms with Gasteiger partial charge in [-0.15, -0.1) is 0 Å². The van der Waals surface area contributed by atoms with Gasteiger partial charge >= 0.3 is 0 Å². The van der Waals surface area contributed by atoms with Crippen molar-refractivity contribution in [1.29, 1.82) is 0 Å². The quantitative estimate of drug-likeness (QED) is 0.306. The number of aromatic amines is 1. The molecule has 162 valence electrons. The average Bonchev–Trinajstić information content (AvgIpc) is 2.69. The van der Waals surface area contributed by atoms with E-state index in [9.17, 15) is 19.7 Å². The lowest BCUT2D eigenvalue weighted by molar-refractivity contribution is -0.384. The van der Waals surface area contributed by atoms with Crippen LogP contribution in [0.2, 0.25) is 0 Å². The zero-order valence-corrected chi connectivity index (χ0v) is 18.5. The minimum Gasteiger partial charge on any atom is -0.343 e. The lowest BCUT2D eigenvalue weighted by atomic mass is 9.69. The molecular formula is C22H24N4O4S.